The Morgan fingerprint density at radius 2 is 2.24 bits per heavy atom. The third kappa shape index (κ3) is 1.90. The highest BCUT2D eigenvalue weighted by atomic mass is 35.5. The molecular formula is C13H15ClN2O. The molecule has 4 heteroatoms. The molecule has 2 aromatic rings. The number of halogens is 1. The molecule has 3 nitrogen and oxygen atoms in total. The molecule has 90 valence electrons. The van der Waals surface area contributed by atoms with Gasteiger partial charge in [0.2, 0.25) is 0 Å². The normalized spacial score (nSPS) is 20.0. The summed E-state index contributed by atoms with van der Waals surface area (Å²) in [6, 6.07) is 6.53. The number of H-pyrrole nitrogens is 1. The fraction of sp³-hybridized carbons (Fsp3) is 0.385. The van der Waals surface area contributed by atoms with Gasteiger partial charge in [0.1, 0.15) is 5.75 Å². The first kappa shape index (κ1) is 10.9. The summed E-state index contributed by atoms with van der Waals surface area (Å²) in [5.74, 6) is 0.726. The molecule has 0 aliphatic carbocycles. The van der Waals surface area contributed by atoms with E-state index in [2.05, 4.69) is 16.4 Å². The van der Waals surface area contributed by atoms with E-state index in [-0.39, 0.29) is 0 Å². The summed E-state index contributed by atoms with van der Waals surface area (Å²) in [5.41, 5.74) is 2.31. The second-order valence-electron chi connectivity index (χ2n) is 4.45. The molecular weight excluding hydrogens is 236 g/mol. The van der Waals surface area contributed by atoms with Crippen molar-refractivity contribution in [3.63, 3.8) is 0 Å². The van der Waals surface area contributed by atoms with Crippen LogP contribution in [0.1, 0.15) is 24.6 Å². The number of rotatable bonds is 2. The number of methoxy groups -OCH3 is 1. The maximum absolute atomic E-state index is 6.11. The van der Waals surface area contributed by atoms with Crippen molar-refractivity contribution >= 4 is 22.5 Å². The molecule has 1 aliphatic heterocycles. The lowest BCUT2D eigenvalue weighted by Gasteiger charge is -2.06. The number of hydrogen-bond acceptors (Lipinski definition) is 2. The lowest BCUT2D eigenvalue weighted by Crippen LogP contribution is -2.12. The molecule has 1 aromatic carbocycles. The van der Waals surface area contributed by atoms with Crippen molar-refractivity contribution in [3.8, 4) is 5.75 Å². The minimum atomic E-state index is 0.451. The number of benzene rings is 1. The average Bonchev–Trinajstić information content (AvgIpc) is 2.95. The van der Waals surface area contributed by atoms with Gasteiger partial charge in [0.25, 0.3) is 0 Å². The summed E-state index contributed by atoms with van der Waals surface area (Å²) < 4.78 is 5.23. The summed E-state index contributed by atoms with van der Waals surface area (Å²) in [6.07, 6.45) is 2.43. The summed E-state index contributed by atoms with van der Waals surface area (Å²) in [5, 5.41) is 5.28. The van der Waals surface area contributed by atoms with E-state index in [1.165, 1.54) is 18.5 Å². The van der Waals surface area contributed by atoms with Crippen LogP contribution >= 0.6 is 11.6 Å². The van der Waals surface area contributed by atoms with Crippen molar-refractivity contribution in [1.29, 1.82) is 0 Å². The highest BCUT2D eigenvalue weighted by molar-refractivity contribution is 6.32. The Bertz CT molecular complexity index is 544. The van der Waals surface area contributed by atoms with E-state index >= 15 is 0 Å². The lowest BCUT2D eigenvalue weighted by atomic mass is 10.1. The second-order valence-corrected chi connectivity index (χ2v) is 4.85. The maximum Gasteiger partial charge on any atom is 0.138 e. The van der Waals surface area contributed by atoms with Crippen LogP contribution in [0.4, 0.5) is 0 Å². The number of aromatic amines is 1. The SMILES string of the molecule is COc1cc2cc(C3CCCN3)[nH]c2cc1Cl. The highest BCUT2D eigenvalue weighted by Gasteiger charge is 2.18. The highest BCUT2D eigenvalue weighted by Crippen LogP contribution is 2.32. The first-order valence-electron chi connectivity index (χ1n) is 5.87. The molecule has 0 saturated carbocycles. The molecule has 2 N–H and O–H groups in total. The van der Waals surface area contributed by atoms with E-state index in [1.807, 2.05) is 12.1 Å². The van der Waals surface area contributed by atoms with Gasteiger partial charge in [-0.05, 0) is 37.6 Å². The summed E-state index contributed by atoms with van der Waals surface area (Å²) >= 11 is 6.11. The van der Waals surface area contributed by atoms with E-state index in [1.54, 1.807) is 7.11 Å². The van der Waals surface area contributed by atoms with Crippen LogP contribution in [-0.2, 0) is 0 Å². The van der Waals surface area contributed by atoms with Crippen LogP contribution in [0.25, 0.3) is 10.9 Å². The van der Waals surface area contributed by atoms with Crippen molar-refractivity contribution in [2.24, 2.45) is 0 Å². The molecule has 1 unspecified atom stereocenters. The van der Waals surface area contributed by atoms with Gasteiger partial charge in [-0.15, -0.1) is 0 Å². The number of nitrogens with one attached hydrogen (secondary N) is 2. The second kappa shape index (κ2) is 4.24. The number of hydrogen-bond donors (Lipinski definition) is 2. The van der Waals surface area contributed by atoms with Crippen LogP contribution in [0.3, 0.4) is 0 Å². The summed E-state index contributed by atoms with van der Waals surface area (Å²) in [7, 11) is 1.64. The van der Waals surface area contributed by atoms with Crippen LogP contribution in [0.5, 0.6) is 5.75 Å². The van der Waals surface area contributed by atoms with E-state index in [0.29, 0.717) is 11.1 Å². The molecule has 0 amide bonds. The van der Waals surface area contributed by atoms with Gasteiger partial charge in [0, 0.05) is 22.6 Å². The monoisotopic (exact) mass is 250 g/mol. The molecule has 1 saturated heterocycles. The quantitative estimate of drug-likeness (QED) is 0.859. The molecule has 1 aliphatic rings. The smallest absolute Gasteiger partial charge is 0.138 e. The number of aromatic nitrogens is 1. The minimum Gasteiger partial charge on any atom is -0.495 e. The van der Waals surface area contributed by atoms with E-state index in [9.17, 15) is 0 Å². The van der Waals surface area contributed by atoms with Gasteiger partial charge in [-0.2, -0.15) is 0 Å². The van der Waals surface area contributed by atoms with E-state index in [4.69, 9.17) is 16.3 Å². The Hall–Kier alpha value is -1.19. The fourth-order valence-corrected chi connectivity index (χ4v) is 2.69. The largest absolute Gasteiger partial charge is 0.495 e. The lowest BCUT2D eigenvalue weighted by molar-refractivity contribution is 0.415. The van der Waals surface area contributed by atoms with Crippen LogP contribution in [-0.4, -0.2) is 18.6 Å². The van der Waals surface area contributed by atoms with Crippen LogP contribution in [0.15, 0.2) is 18.2 Å². The van der Waals surface area contributed by atoms with E-state index in [0.717, 1.165) is 23.2 Å². The topological polar surface area (TPSA) is 37.0 Å². The zero-order valence-electron chi connectivity index (χ0n) is 9.72. The Morgan fingerprint density at radius 3 is 2.94 bits per heavy atom. The van der Waals surface area contributed by atoms with Crippen LogP contribution in [0, 0.1) is 0 Å². The third-order valence-corrected chi connectivity index (χ3v) is 3.65. The van der Waals surface area contributed by atoms with Crippen LogP contribution < -0.4 is 10.1 Å². The fourth-order valence-electron chi connectivity index (χ4n) is 2.45. The minimum absolute atomic E-state index is 0.451. The number of fused-ring (bicyclic) bond motifs is 1. The van der Waals surface area contributed by atoms with Gasteiger partial charge < -0.3 is 15.0 Å². The zero-order chi connectivity index (χ0) is 11.8. The molecule has 3 rings (SSSR count). The van der Waals surface area contributed by atoms with Gasteiger partial charge in [-0.25, -0.2) is 0 Å². The van der Waals surface area contributed by atoms with Crippen molar-refractivity contribution in [3.05, 3.63) is 28.9 Å². The van der Waals surface area contributed by atoms with Crippen LogP contribution in [0.2, 0.25) is 5.02 Å². The molecule has 0 bridgehead atoms. The van der Waals surface area contributed by atoms with Crippen molar-refractivity contribution in [1.82, 2.24) is 10.3 Å². The third-order valence-electron chi connectivity index (χ3n) is 3.35. The summed E-state index contributed by atoms with van der Waals surface area (Å²) in [4.78, 5) is 3.43. The molecule has 17 heavy (non-hydrogen) atoms. The first-order valence-corrected chi connectivity index (χ1v) is 6.25. The Morgan fingerprint density at radius 1 is 1.35 bits per heavy atom. The van der Waals surface area contributed by atoms with E-state index < -0.39 is 0 Å². The summed E-state index contributed by atoms with van der Waals surface area (Å²) in [6.45, 7) is 1.10. The predicted octanol–water partition coefficient (Wildman–Crippen LogP) is 3.25. The first-order chi connectivity index (χ1) is 8.28. The average molecular weight is 251 g/mol. The molecule has 1 aromatic heterocycles. The zero-order valence-corrected chi connectivity index (χ0v) is 10.5. The van der Waals surface area contributed by atoms with Crippen molar-refractivity contribution in [2.45, 2.75) is 18.9 Å². The Balaban J connectivity index is 2.05. The van der Waals surface area contributed by atoms with Gasteiger partial charge >= 0.3 is 0 Å². The molecule has 0 radical (unpaired) electrons. The standard InChI is InChI=1S/C13H15ClN2O/c1-17-13-6-8-5-12(10-3-2-4-15-10)16-11(8)7-9(13)14/h5-7,10,15-16H,2-4H2,1H3. The molecule has 1 fully saturated rings. The van der Waals surface area contributed by atoms with Gasteiger partial charge in [0.15, 0.2) is 0 Å². The van der Waals surface area contributed by atoms with Crippen molar-refractivity contribution < 1.29 is 4.74 Å². The van der Waals surface area contributed by atoms with Gasteiger partial charge in [-0.1, -0.05) is 11.6 Å². The Kier molecular flexibility index (Phi) is 2.73. The molecule has 0 spiro atoms. The van der Waals surface area contributed by atoms with Crippen molar-refractivity contribution in [2.75, 3.05) is 13.7 Å². The van der Waals surface area contributed by atoms with Gasteiger partial charge in [0.05, 0.1) is 12.1 Å². The Labute approximate surface area is 105 Å². The molecule has 2 heterocycles. The maximum atomic E-state index is 6.11. The molecule has 1 atom stereocenters. The number of ether oxygens (including phenoxy) is 1. The predicted molar refractivity (Wildman–Crippen MR) is 69.8 cm³/mol. The van der Waals surface area contributed by atoms with Gasteiger partial charge in [-0.3, -0.25) is 0 Å².